The molecule has 0 fully saturated rings. The van der Waals surface area contributed by atoms with Gasteiger partial charge in [0, 0.05) is 6.08 Å². The Morgan fingerprint density at radius 2 is 1.96 bits per heavy atom. The van der Waals surface area contributed by atoms with Gasteiger partial charge in [0.1, 0.15) is 5.82 Å². The fourth-order valence-corrected chi connectivity index (χ4v) is 2.11. The Bertz CT molecular complexity index is 834. The number of amides is 1. The third-order valence-corrected chi connectivity index (χ3v) is 3.30. The number of para-hydroxylation sites is 1. The number of anilines is 1. The second-order valence-corrected chi connectivity index (χ2v) is 5.08. The van der Waals surface area contributed by atoms with Crippen molar-refractivity contribution < 1.29 is 28.2 Å². The third-order valence-electron chi connectivity index (χ3n) is 3.30. The van der Waals surface area contributed by atoms with Gasteiger partial charge in [-0.25, -0.2) is 9.18 Å². The van der Waals surface area contributed by atoms with Crippen molar-refractivity contribution in [2.24, 2.45) is 0 Å². The maximum absolute atomic E-state index is 13.4. The number of fused-ring (bicyclic) bond motifs is 1. The largest absolute Gasteiger partial charge is 0.454 e. The Kier molecular flexibility index (Phi) is 4.94. The van der Waals surface area contributed by atoms with Crippen molar-refractivity contribution in [2.75, 3.05) is 18.7 Å². The molecule has 0 unspecified atom stereocenters. The van der Waals surface area contributed by atoms with Crippen molar-refractivity contribution in [2.45, 2.75) is 0 Å². The van der Waals surface area contributed by atoms with Crippen LogP contribution >= 0.6 is 0 Å². The van der Waals surface area contributed by atoms with Crippen LogP contribution in [0.4, 0.5) is 10.1 Å². The molecule has 25 heavy (non-hydrogen) atoms. The van der Waals surface area contributed by atoms with Crippen molar-refractivity contribution in [3.63, 3.8) is 0 Å². The van der Waals surface area contributed by atoms with Crippen LogP contribution in [-0.2, 0) is 14.3 Å². The minimum Gasteiger partial charge on any atom is -0.454 e. The quantitative estimate of drug-likeness (QED) is 0.667. The van der Waals surface area contributed by atoms with E-state index in [9.17, 15) is 14.0 Å². The summed E-state index contributed by atoms with van der Waals surface area (Å²) in [5.74, 6) is -0.648. The lowest BCUT2D eigenvalue weighted by Crippen LogP contribution is -2.20. The molecule has 0 aromatic heterocycles. The Labute approximate surface area is 142 Å². The molecule has 0 radical (unpaired) electrons. The molecule has 0 saturated carbocycles. The molecule has 0 bridgehead atoms. The van der Waals surface area contributed by atoms with E-state index in [0.717, 1.165) is 5.56 Å². The Balaban J connectivity index is 1.49. The Morgan fingerprint density at radius 1 is 1.16 bits per heavy atom. The molecule has 1 N–H and O–H groups in total. The molecule has 3 rings (SSSR count). The summed E-state index contributed by atoms with van der Waals surface area (Å²) in [5.41, 5.74) is 0.747. The van der Waals surface area contributed by atoms with E-state index in [0.29, 0.717) is 11.5 Å². The van der Waals surface area contributed by atoms with Gasteiger partial charge in [0.15, 0.2) is 18.1 Å². The second-order valence-electron chi connectivity index (χ2n) is 5.08. The van der Waals surface area contributed by atoms with E-state index in [1.165, 1.54) is 30.4 Å². The smallest absolute Gasteiger partial charge is 0.331 e. The predicted molar refractivity (Wildman–Crippen MR) is 87.6 cm³/mol. The summed E-state index contributed by atoms with van der Waals surface area (Å²) in [6, 6.07) is 10.9. The van der Waals surface area contributed by atoms with Crippen LogP contribution in [0.3, 0.4) is 0 Å². The zero-order chi connectivity index (χ0) is 17.6. The van der Waals surface area contributed by atoms with Crippen LogP contribution in [0.15, 0.2) is 48.5 Å². The molecule has 0 atom stereocenters. The number of rotatable bonds is 5. The topological polar surface area (TPSA) is 73.9 Å². The van der Waals surface area contributed by atoms with Crippen molar-refractivity contribution >= 4 is 23.6 Å². The number of esters is 1. The van der Waals surface area contributed by atoms with Gasteiger partial charge in [-0.2, -0.15) is 0 Å². The van der Waals surface area contributed by atoms with E-state index >= 15 is 0 Å². The summed E-state index contributed by atoms with van der Waals surface area (Å²) in [7, 11) is 0. The Hall–Kier alpha value is -3.35. The molecule has 1 aliphatic rings. The van der Waals surface area contributed by atoms with Gasteiger partial charge >= 0.3 is 5.97 Å². The average Bonchev–Trinajstić information content (AvgIpc) is 3.08. The van der Waals surface area contributed by atoms with Gasteiger partial charge in [-0.3, -0.25) is 4.79 Å². The van der Waals surface area contributed by atoms with Crippen molar-refractivity contribution in [3.8, 4) is 11.5 Å². The first-order valence-corrected chi connectivity index (χ1v) is 7.41. The van der Waals surface area contributed by atoms with Crippen molar-refractivity contribution in [1.29, 1.82) is 0 Å². The van der Waals surface area contributed by atoms with Gasteiger partial charge in [0.2, 0.25) is 6.79 Å². The number of hydrogen-bond donors (Lipinski definition) is 1. The first-order chi connectivity index (χ1) is 12.1. The fourth-order valence-electron chi connectivity index (χ4n) is 2.11. The van der Waals surface area contributed by atoms with E-state index in [1.807, 2.05) is 0 Å². The highest BCUT2D eigenvalue weighted by Gasteiger charge is 2.12. The highest BCUT2D eigenvalue weighted by molar-refractivity contribution is 5.94. The maximum atomic E-state index is 13.4. The molecular formula is C18H14FNO5. The van der Waals surface area contributed by atoms with Crippen LogP contribution < -0.4 is 14.8 Å². The number of benzene rings is 2. The number of hydrogen-bond acceptors (Lipinski definition) is 5. The summed E-state index contributed by atoms with van der Waals surface area (Å²) in [5, 5.41) is 2.32. The monoisotopic (exact) mass is 343 g/mol. The van der Waals surface area contributed by atoms with Crippen molar-refractivity contribution in [3.05, 3.63) is 59.9 Å². The van der Waals surface area contributed by atoms with E-state index in [-0.39, 0.29) is 12.5 Å². The second kappa shape index (κ2) is 7.48. The molecule has 0 saturated heterocycles. The average molecular weight is 343 g/mol. The van der Waals surface area contributed by atoms with Crippen molar-refractivity contribution in [1.82, 2.24) is 0 Å². The lowest BCUT2D eigenvalue weighted by atomic mass is 10.2. The molecule has 1 amide bonds. The summed E-state index contributed by atoms with van der Waals surface area (Å²) < 4.78 is 28.6. The van der Waals surface area contributed by atoms with Gasteiger partial charge in [-0.1, -0.05) is 18.2 Å². The number of carbonyl (C=O) groups is 2. The van der Waals surface area contributed by atoms with Crippen LogP contribution in [0.5, 0.6) is 11.5 Å². The van der Waals surface area contributed by atoms with Gasteiger partial charge in [0.05, 0.1) is 5.69 Å². The van der Waals surface area contributed by atoms with Gasteiger partial charge < -0.3 is 19.5 Å². The molecule has 1 heterocycles. The minimum atomic E-state index is -0.693. The summed E-state index contributed by atoms with van der Waals surface area (Å²) in [6.07, 6.45) is 2.72. The number of carbonyl (C=O) groups excluding carboxylic acids is 2. The SMILES string of the molecule is O=C(COC(=O)C=Cc1ccc2c(c1)OCO2)Nc1ccccc1F. The van der Waals surface area contributed by atoms with E-state index in [1.54, 1.807) is 24.3 Å². The highest BCUT2D eigenvalue weighted by atomic mass is 19.1. The zero-order valence-corrected chi connectivity index (χ0v) is 13.0. The third kappa shape index (κ3) is 4.35. The van der Waals surface area contributed by atoms with Gasteiger partial charge in [-0.05, 0) is 35.9 Å². The maximum Gasteiger partial charge on any atom is 0.331 e. The molecule has 2 aromatic carbocycles. The number of ether oxygens (including phenoxy) is 3. The Morgan fingerprint density at radius 3 is 2.80 bits per heavy atom. The van der Waals surface area contributed by atoms with E-state index < -0.39 is 24.3 Å². The summed E-state index contributed by atoms with van der Waals surface area (Å²) >= 11 is 0. The highest BCUT2D eigenvalue weighted by Crippen LogP contribution is 2.32. The molecule has 7 heteroatoms. The predicted octanol–water partition coefficient (Wildman–Crippen LogP) is 2.75. The molecule has 6 nitrogen and oxygen atoms in total. The standard InChI is InChI=1S/C18H14FNO5/c19-13-3-1-2-4-14(13)20-17(21)10-23-18(22)8-6-12-5-7-15-16(9-12)25-11-24-15/h1-9H,10-11H2,(H,20,21). The zero-order valence-electron chi connectivity index (χ0n) is 13.0. The van der Waals surface area contributed by atoms with E-state index in [2.05, 4.69) is 5.32 Å². The molecule has 128 valence electrons. The van der Waals surface area contributed by atoms with Crippen LogP contribution in [0, 0.1) is 5.82 Å². The number of halogens is 1. The normalized spacial score (nSPS) is 12.2. The van der Waals surface area contributed by atoms with Crippen LogP contribution in [0.1, 0.15) is 5.56 Å². The molecule has 1 aliphatic heterocycles. The molecule has 2 aromatic rings. The first-order valence-electron chi connectivity index (χ1n) is 7.41. The fraction of sp³-hybridized carbons (Fsp3) is 0.111. The lowest BCUT2D eigenvalue weighted by molar-refractivity contribution is -0.142. The lowest BCUT2D eigenvalue weighted by Gasteiger charge is -2.06. The molecule has 0 spiro atoms. The first kappa shape index (κ1) is 16.5. The summed E-state index contributed by atoms with van der Waals surface area (Å²) in [4.78, 5) is 23.3. The molecular weight excluding hydrogens is 329 g/mol. The van der Waals surface area contributed by atoms with E-state index in [4.69, 9.17) is 14.2 Å². The number of nitrogens with one attached hydrogen (secondary N) is 1. The summed E-state index contributed by atoms with van der Waals surface area (Å²) in [6.45, 7) is -0.347. The van der Waals surface area contributed by atoms with Crippen LogP contribution in [0.2, 0.25) is 0 Å². The minimum absolute atomic E-state index is 0.0273. The van der Waals surface area contributed by atoms with Crippen LogP contribution in [0.25, 0.3) is 6.08 Å². The van der Waals surface area contributed by atoms with Gasteiger partial charge in [0.25, 0.3) is 5.91 Å². The van der Waals surface area contributed by atoms with Gasteiger partial charge in [-0.15, -0.1) is 0 Å². The molecule has 0 aliphatic carbocycles. The van der Waals surface area contributed by atoms with Crippen LogP contribution in [-0.4, -0.2) is 25.3 Å².